The maximum absolute atomic E-state index is 14.0. The standard InChI is InChI=1S/C27H31N5O2/c1-34-21-13-11-19(12-14-21)25(33)31-23-10-4-3-9-22(23)27(15-5-2-6-16-27)32-26(31)29-24(30-32)20-8-7-17-28-18-20/h7-8,11-14,17-18,22-23H,2-6,9-10,15-16H2,1H3. The van der Waals surface area contributed by atoms with Crippen molar-refractivity contribution >= 4 is 11.9 Å². The van der Waals surface area contributed by atoms with Crippen LogP contribution in [0.15, 0.2) is 48.8 Å². The maximum Gasteiger partial charge on any atom is 0.260 e. The fourth-order valence-corrected chi connectivity index (χ4v) is 6.59. The second kappa shape index (κ2) is 8.53. The van der Waals surface area contributed by atoms with Gasteiger partial charge in [-0.15, -0.1) is 5.10 Å². The molecule has 176 valence electrons. The molecule has 1 spiro atoms. The zero-order valence-electron chi connectivity index (χ0n) is 19.7. The Morgan fingerprint density at radius 1 is 1.03 bits per heavy atom. The number of benzene rings is 1. The first-order chi connectivity index (χ1) is 16.7. The second-order valence-electron chi connectivity index (χ2n) is 9.92. The SMILES string of the molecule is COc1ccc(C(=O)N2c3nc(-c4cccnc4)nn3C3(CCCCC3)C3CCCCC32)cc1. The van der Waals surface area contributed by atoms with Crippen molar-refractivity contribution in [2.75, 3.05) is 12.0 Å². The average Bonchev–Trinajstić information content (AvgIpc) is 3.36. The molecule has 1 amide bonds. The zero-order valence-corrected chi connectivity index (χ0v) is 19.7. The molecule has 0 radical (unpaired) electrons. The number of aromatic nitrogens is 4. The highest BCUT2D eigenvalue weighted by molar-refractivity contribution is 6.06. The Morgan fingerprint density at radius 2 is 1.82 bits per heavy atom. The lowest BCUT2D eigenvalue weighted by Gasteiger charge is -2.55. The van der Waals surface area contributed by atoms with Gasteiger partial charge in [0.1, 0.15) is 5.75 Å². The van der Waals surface area contributed by atoms with Crippen molar-refractivity contribution in [1.29, 1.82) is 0 Å². The van der Waals surface area contributed by atoms with Gasteiger partial charge in [-0.05, 0) is 62.1 Å². The predicted octanol–water partition coefficient (Wildman–Crippen LogP) is 5.23. The number of fused-ring (bicyclic) bond motifs is 4. The summed E-state index contributed by atoms with van der Waals surface area (Å²) in [4.78, 5) is 25.3. The molecule has 1 aliphatic heterocycles. The third-order valence-electron chi connectivity index (χ3n) is 8.17. The molecule has 7 heteroatoms. The van der Waals surface area contributed by atoms with Crippen LogP contribution in [0.5, 0.6) is 5.75 Å². The number of carbonyl (C=O) groups is 1. The fourth-order valence-electron chi connectivity index (χ4n) is 6.59. The summed E-state index contributed by atoms with van der Waals surface area (Å²) in [7, 11) is 1.64. The van der Waals surface area contributed by atoms with Crippen molar-refractivity contribution in [3.05, 3.63) is 54.4 Å². The Balaban J connectivity index is 1.51. The maximum atomic E-state index is 14.0. The number of pyridine rings is 1. The fraction of sp³-hybridized carbons (Fsp3) is 0.481. The van der Waals surface area contributed by atoms with E-state index in [2.05, 4.69) is 9.67 Å². The van der Waals surface area contributed by atoms with Crippen molar-refractivity contribution in [1.82, 2.24) is 19.7 Å². The summed E-state index contributed by atoms with van der Waals surface area (Å²) in [5.74, 6) is 2.49. The molecule has 0 N–H and O–H groups in total. The summed E-state index contributed by atoms with van der Waals surface area (Å²) in [6, 6.07) is 11.5. The first-order valence-corrected chi connectivity index (χ1v) is 12.6. The first kappa shape index (κ1) is 21.3. The summed E-state index contributed by atoms with van der Waals surface area (Å²) in [6.07, 6.45) is 14.0. The van der Waals surface area contributed by atoms with Crippen LogP contribution < -0.4 is 9.64 Å². The van der Waals surface area contributed by atoms with Gasteiger partial charge in [0.2, 0.25) is 5.95 Å². The van der Waals surface area contributed by atoms with Gasteiger partial charge in [0, 0.05) is 35.5 Å². The van der Waals surface area contributed by atoms with Gasteiger partial charge in [0.05, 0.1) is 12.6 Å². The molecule has 2 saturated carbocycles. The number of ether oxygens (including phenoxy) is 1. The van der Waals surface area contributed by atoms with Crippen LogP contribution in [-0.4, -0.2) is 38.8 Å². The van der Waals surface area contributed by atoms with Crippen molar-refractivity contribution in [2.24, 2.45) is 5.92 Å². The number of amides is 1. The van der Waals surface area contributed by atoms with Gasteiger partial charge >= 0.3 is 0 Å². The van der Waals surface area contributed by atoms with E-state index in [1.165, 1.54) is 25.7 Å². The molecular formula is C27H31N5O2. The Bertz CT molecular complexity index is 1170. The number of rotatable bonds is 3. The molecule has 1 aromatic carbocycles. The van der Waals surface area contributed by atoms with Crippen LogP contribution in [0.25, 0.3) is 11.4 Å². The van der Waals surface area contributed by atoms with Gasteiger partial charge in [-0.25, -0.2) is 4.68 Å². The number of hydrogen-bond acceptors (Lipinski definition) is 5. The van der Waals surface area contributed by atoms with E-state index in [9.17, 15) is 4.79 Å². The molecule has 2 unspecified atom stereocenters. The van der Waals surface area contributed by atoms with Crippen LogP contribution in [0.1, 0.15) is 68.1 Å². The van der Waals surface area contributed by atoms with E-state index < -0.39 is 0 Å². The molecule has 0 saturated heterocycles. The second-order valence-corrected chi connectivity index (χ2v) is 9.92. The van der Waals surface area contributed by atoms with Crippen LogP contribution in [0.3, 0.4) is 0 Å². The molecule has 3 aromatic rings. The third kappa shape index (κ3) is 3.32. The van der Waals surface area contributed by atoms with Crippen LogP contribution in [-0.2, 0) is 5.54 Å². The molecular weight excluding hydrogens is 426 g/mol. The van der Waals surface area contributed by atoms with E-state index in [-0.39, 0.29) is 17.5 Å². The van der Waals surface area contributed by atoms with Crippen molar-refractivity contribution < 1.29 is 9.53 Å². The van der Waals surface area contributed by atoms with E-state index in [1.54, 1.807) is 19.5 Å². The van der Waals surface area contributed by atoms with Crippen molar-refractivity contribution in [3.8, 4) is 17.1 Å². The first-order valence-electron chi connectivity index (χ1n) is 12.6. The highest BCUT2D eigenvalue weighted by atomic mass is 16.5. The van der Waals surface area contributed by atoms with Gasteiger partial charge in [-0.1, -0.05) is 32.1 Å². The summed E-state index contributed by atoms with van der Waals surface area (Å²) >= 11 is 0. The van der Waals surface area contributed by atoms with E-state index in [0.717, 1.165) is 43.4 Å². The Morgan fingerprint density at radius 3 is 2.56 bits per heavy atom. The smallest absolute Gasteiger partial charge is 0.260 e. The predicted molar refractivity (Wildman–Crippen MR) is 130 cm³/mol. The monoisotopic (exact) mass is 457 g/mol. The lowest BCUT2D eigenvalue weighted by atomic mass is 9.64. The zero-order chi connectivity index (χ0) is 23.1. The van der Waals surface area contributed by atoms with Crippen LogP contribution >= 0.6 is 0 Å². The molecule has 34 heavy (non-hydrogen) atoms. The molecule has 3 heterocycles. The number of anilines is 1. The van der Waals surface area contributed by atoms with E-state index in [1.807, 2.05) is 41.3 Å². The Kier molecular flexibility index (Phi) is 5.35. The lowest BCUT2D eigenvalue weighted by molar-refractivity contribution is 0.0314. The van der Waals surface area contributed by atoms with Gasteiger partial charge in [-0.3, -0.25) is 14.7 Å². The minimum atomic E-state index is -0.0528. The summed E-state index contributed by atoms with van der Waals surface area (Å²) in [5, 5.41) is 5.09. The highest BCUT2D eigenvalue weighted by Crippen LogP contribution is 2.53. The Labute approximate surface area is 200 Å². The van der Waals surface area contributed by atoms with Gasteiger partial charge in [0.15, 0.2) is 5.82 Å². The van der Waals surface area contributed by atoms with Gasteiger partial charge in [-0.2, -0.15) is 4.98 Å². The van der Waals surface area contributed by atoms with E-state index >= 15 is 0 Å². The molecule has 2 aliphatic carbocycles. The van der Waals surface area contributed by atoms with Crippen molar-refractivity contribution in [2.45, 2.75) is 69.4 Å². The highest BCUT2D eigenvalue weighted by Gasteiger charge is 2.55. The third-order valence-corrected chi connectivity index (χ3v) is 8.17. The average molecular weight is 458 g/mol. The molecule has 0 bridgehead atoms. The van der Waals surface area contributed by atoms with Gasteiger partial charge < -0.3 is 4.74 Å². The molecule has 7 nitrogen and oxygen atoms in total. The summed E-state index contributed by atoms with van der Waals surface area (Å²) < 4.78 is 7.46. The van der Waals surface area contributed by atoms with Gasteiger partial charge in [0.25, 0.3) is 5.91 Å². The van der Waals surface area contributed by atoms with Crippen LogP contribution in [0.4, 0.5) is 5.95 Å². The molecule has 2 aromatic heterocycles. The lowest BCUT2D eigenvalue weighted by Crippen LogP contribution is -2.61. The largest absolute Gasteiger partial charge is 0.497 e. The molecule has 2 atom stereocenters. The number of carbonyl (C=O) groups excluding carboxylic acids is 1. The minimum absolute atomic E-state index is 0.00315. The van der Waals surface area contributed by atoms with Crippen LogP contribution in [0, 0.1) is 5.92 Å². The summed E-state index contributed by atoms with van der Waals surface area (Å²) in [6.45, 7) is 0. The normalized spacial score (nSPS) is 23.3. The van der Waals surface area contributed by atoms with Crippen LogP contribution in [0.2, 0.25) is 0 Å². The molecule has 3 aliphatic rings. The molecule has 6 rings (SSSR count). The van der Waals surface area contributed by atoms with E-state index in [0.29, 0.717) is 23.3 Å². The quantitative estimate of drug-likeness (QED) is 0.539. The topological polar surface area (TPSA) is 73.1 Å². The molecule has 2 fully saturated rings. The van der Waals surface area contributed by atoms with Crippen molar-refractivity contribution in [3.63, 3.8) is 0 Å². The summed E-state index contributed by atoms with van der Waals surface area (Å²) in [5.41, 5.74) is 1.49. The number of nitrogens with zero attached hydrogens (tertiary/aromatic N) is 5. The minimum Gasteiger partial charge on any atom is -0.497 e. The number of methoxy groups -OCH3 is 1. The van der Waals surface area contributed by atoms with E-state index in [4.69, 9.17) is 14.8 Å². The Hall–Kier alpha value is -3.22. The number of hydrogen-bond donors (Lipinski definition) is 0.